The van der Waals surface area contributed by atoms with E-state index in [-0.39, 0.29) is 24.0 Å². The minimum Gasteiger partial charge on any atom is -0.507 e. The van der Waals surface area contributed by atoms with Crippen LogP contribution in [0.15, 0.2) is 78.8 Å². The van der Waals surface area contributed by atoms with Crippen molar-refractivity contribution in [3.63, 3.8) is 0 Å². The number of thioether (sulfide) groups is 1. The number of rotatable bonds is 6. The first-order chi connectivity index (χ1) is 15.9. The maximum Gasteiger partial charge on any atom is 0.267 e. The van der Waals surface area contributed by atoms with Gasteiger partial charge in [0.25, 0.3) is 5.91 Å². The smallest absolute Gasteiger partial charge is 0.267 e. The SMILES string of the molecule is COc1cc(/C=N\N=C2\S/C(=C\c3cc(Br)ccc3O)C(=O)N2Cc2ccco2)ccc1O. The van der Waals surface area contributed by atoms with Gasteiger partial charge in [0.05, 0.1) is 31.0 Å². The van der Waals surface area contributed by atoms with E-state index in [4.69, 9.17) is 9.15 Å². The van der Waals surface area contributed by atoms with Gasteiger partial charge in [-0.05, 0) is 71.9 Å². The lowest BCUT2D eigenvalue weighted by Gasteiger charge is -2.12. The molecule has 1 aromatic heterocycles. The second kappa shape index (κ2) is 9.97. The third kappa shape index (κ3) is 5.29. The number of hydrogen-bond donors (Lipinski definition) is 2. The van der Waals surface area contributed by atoms with Gasteiger partial charge in [-0.25, -0.2) is 0 Å². The van der Waals surface area contributed by atoms with Crippen molar-refractivity contribution < 1.29 is 24.2 Å². The van der Waals surface area contributed by atoms with E-state index in [1.807, 2.05) is 0 Å². The van der Waals surface area contributed by atoms with Crippen LogP contribution in [0.5, 0.6) is 17.2 Å². The van der Waals surface area contributed by atoms with Gasteiger partial charge in [0.15, 0.2) is 16.7 Å². The maximum atomic E-state index is 13.1. The van der Waals surface area contributed by atoms with Gasteiger partial charge >= 0.3 is 0 Å². The van der Waals surface area contributed by atoms with Crippen LogP contribution in [0, 0.1) is 0 Å². The third-order valence-electron chi connectivity index (χ3n) is 4.61. The number of ether oxygens (including phenoxy) is 1. The van der Waals surface area contributed by atoms with Crippen molar-refractivity contribution in [2.45, 2.75) is 6.54 Å². The Balaban J connectivity index is 1.64. The Bertz CT molecular complexity index is 1270. The Morgan fingerprint density at radius 2 is 2.00 bits per heavy atom. The molecule has 33 heavy (non-hydrogen) atoms. The number of nitrogens with zero attached hydrogens (tertiary/aromatic N) is 3. The van der Waals surface area contributed by atoms with E-state index in [1.54, 1.807) is 48.5 Å². The summed E-state index contributed by atoms with van der Waals surface area (Å²) < 4.78 is 11.3. The van der Waals surface area contributed by atoms with E-state index in [2.05, 4.69) is 26.1 Å². The maximum absolute atomic E-state index is 13.1. The third-order valence-corrected chi connectivity index (χ3v) is 6.10. The van der Waals surface area contributed by atoms with E-state index >= 15 is 0 Å². The molecule has 10 heteroatoms. The van der Waals surface area contributed by atoms with Crippen LogP contribution in [0.4, 0.5) is 0 Å². The molecular formula is C23H18BrN3O5S. The van der Waals surface area contributed by atoms with Gasteiger partial charge in [0.1, 0.15) is 11.5 Å². The van der Waals surface area contributed by atoms with Gasteiger partial charge in [-0.3, -0.25) is 9.69 Å². The molecule has 0 atom stereocenters. The van der Waals surface area contributed by atoms with E-state index in [0.29, 0.717) is 32.7 Å². The summed E-state index contributed by atoms with van der Waals surface area (Å²) in [4.78, 5) is 15.0. The Hall–Kier alpha value is -3.50. The standard InChI is InChI=1S/C23H18BrN3O5S/c1-31-20-9-14(4-6-19(20)29)12-25-26-23-27(13-17-3-2-8-32-17)22(30)21(33-23)11-15-10-16(24)5-7-18(15)28/h2-12,28-29H,13H2,1H3/b21-11-,25-12-,26-23+. The molecule has 0 spiro atoms. The molecular weight excluding hydrogens is 510 g/mol. The van der Waals surface area contributed by atoms with Crippen molar-refractivity contribution in [2.75, 3.05) is 7.11 Å². The highest BCUT2D eigenvalue weighted by atomic mass is 79.9. The highest BCUT2D eigenvalue weighted by Crippen LogP contribution is 2.36. The zero-order chi connectivity index (χ0) is 23.4. The predicted octanol–water partition coefficient (Wildman–Crippen LogP) is 4.97. The number of aromatic hydroxyl groups is 2. The van der Waals surface area contributed by atoms with Crippen LogP contribution in [-0.2, 0) is 11.3 Å². The largest absolute Gasteiger partial charge is 0.507 e. The van der Waals surface area contributed by atoms with Crippen LogP contribution >= 0.6 is 27.7 Å². The van der Waals surface area contributed by atoms with Crippen LogP contribution in [0.25, 0.3) is 6.08 Å². The molecule has 1 fully saturated rings. The summed E-state index contributed by atoms with van der Waals surface area (Å²) in [6.45, 7) is 0.183. The van der Waals surface area contributed by atoms with Crippen molar-refractivity contribution in [1.82, 2.24) is 4.90 Å². The molecule has 1 aliphatic heterocycles. The van der Waals surface area contributed by atoms with Crippen molar-refractivity contribution in [2.24, 2.45) is 10.2 Å². The molecule has 0 saturated carbocycles. The molecule has 1 saturated heterocycles. The Kier molecular flexibility index (Phi) is 6.85. The fraction of sp³-hybridized carbons (Fsp3) is 0.0870. The summed E-state index contributed by atoms with van der Waals surface area (Å²) in [5.41, 5.74) is 1.16. The van der Waals surface area contributed by atoms with Crippen molar-refractivity contribution in [1.29, 1.82) is 0 Å². The number of amidine groups is 1. The quantitative estimate of drug-likeness (QED) is 0.266. The first-order valence-electron chi connectivity index (χ1n) is 9.65. The van der Waals surface area contributed by atoms with E-state index in [1.165, 1.54) is 30.6 Å². The van der Waals surface area contributed by atoms with Crippen LogP contribution in [-0.4, -0.2) is 39.5 Å². The van der Waals surface area contributed by atoms with Crippen LogP contribution in [0.2, 0.25) is 0 Å². The number of phenols is 2. The Labute approximate surface area is 202 Å². The van der Waals surface area contributed by atoms with Gasteiger partial charge in [-0.1, -0.05) is 15.9 Å². The number of halogens is 1. The molecule has 168 valence electrons. The second-order valence-electron chi connectivity index (χ2n) is 6.84. The molecule has 0 bridgehead atoms. The van der Waals surface area contributed by atoms with Gasteiger partial charge < -0.3 is 19.4 Å². The van der Waals surface area contributed by atoms with Gasteiger partial charge in [0.2, 0.25) is 0 Å². The Morgan fingerprint density at radius 1 is 1.18 bits per heavy atom. The Morgan fingerprint density at radius 3 is 2.76 bits per heavy atom. The van der Waals surface area contributed by atoms with Crippen LogP contribution in [0.1, 0.15) is 16.9 Å². The predicted molar refractivity (Wildman–Crippen MR) is 130 cm³/mol. The van der Waals surface area contributed by atoms with Crippen LogP contribution in [0.3, 0.4) is 0 Å². The molecule has 2 heterocycles. The van der Waals surface area contributed by atoms with Gasteiger partial charge in [0, 0.05) is 10.0 Å². The second-order valence-corrected chi connectivity index (χ2v) is 8.77. The van der Waals surface area contributed by atoms with E-state index in [0.717, 1.165) is 16.2 Å². The van der Waals surface area contributed by atoms with E-state index < -0.39 is 0 Å². The minimum atomic E-state index is -0.281. The molecule has 1 amide bonds. The van der Waals surface area contributed by atoms with E-state index in [9.17, 15) is 15.0 Å². The molecule has 0 unspecified atom stereocenters. The molecule has 3 aromatic rings. The number of phenolic OH excluding ortho intramolecular Hbond substituents is 2. The fourth-order valence-corrected chi connectivity index (χ4v) is 4.29. The van der Waals surface area contributed by atoms with Crippen molar-refractivity contribution in [3.8, 4) is 17.2 Å². The summed E-state index contributed by atoms with van der Waals surface area (Å²) >= 11 is 4.52. The molecule has 8 nitrogen and oxygen atoms in total. The average Bonchev–Trinajstić information content (AvgIpc) is 3.42. The zero-order valence-corrected chi connectivity index (χ0v) is 19.7. The van der Waals surface area contributed by atoms with Crippen molar-refractivity contribution >= 4 is 51.1 Å². The first kappa shape index (κ1) is 22.7. The van der Waals surface area contributed by atoms with Crippen LogP contribution < -0.4 is 4.74 Å². The summed E-state index contributed by atoms with van der Waals surface area (Å²) in [7, 11) is 1.46. The number of furan rings is 1. The number of methoxy groups -OCH3 is 1. The number of hydrogen-bond acceptors (Lipinski definition) is 8. The molecule has 0 radical (unpaired) electrons. The van der Waals surface area contributed by atoms with Crippen molar-refractivity contribution in [3.05, 3.63) is 81.1 Å². The number of benzene rings is 2. The number of carbonyl (C=O) groups is 1. The summed E-state index contributed by atoms with van der Waals surface area (Å²) in [6, 6.07) is 13.3. The highest BCUT2D eigenvalue weighted by molar-refractivity contribution is 9.10. The lowest BCUT2D eigenvalue weighted by molar-refractivity contribution is -0.122. The molecule has 0 aliphatic carbocycles. The summed E-state index contributed by atoms with van der Waals surface area (Å²) in [6.07, 6.45) is 4.64. The first-order valence-corrected chi connectivity index (χ1v) is 11.3. The minimum absolute atomic E-state index is 0.0214. The summed E-state index contributed by atoms with van der Waals surface area (Å²) in [5.74, 6) is 0.705. The molecule has 2 N–H and O–H groups in total. The molecule has 4 rings (SSSR count). The lowest BCUT2D eigenvalue weighted by Crippen LogP contribution is -2.28. The van der Waals surface area contributed by atoms with Gasteiger partial charge in [-0.15, -0.1) is 5.10 Å². The fourth-order valence-electron chi connectivity index (χ4n) is 2.98. The zero-order valence-electron chi connectivity index (χ0n) is 17.3. The summed E-state index contributed by atoms with van der Waals surface area (Å²) in [5, 5.41) is 28.6. The normalized spacial score (nSPS) is 16.4. The highest BCUT2D eigenvalue weighted by Gasteiger charge is 2.34. The average molecular weight is 528 g/mol. The molecule has 2 aromatic carbocycles. The lowest BCUT2D eigenvalue weighted by atomic mass is 10.2. The number of amides is 1. The van der Waals surface area contributed by atoms with Gasteiger partial charge in [-0.2, -0.15) is 5.10 Å². The monoisotopic (exact) mass is 527 g/mol. The number of carbonyl (C=O) groups excluding carboxylic acids is 1. The topological polar surface area (TPSA) is 108 Å². The molecule has 1 aliphatic rings.